The number of hydrogen-bond acceptors (Lipinski definition) is 3. The summed E-state index contributed by atoms with van der Waals surface area (Å²) in [6.07, 6.45) is 4.27. The average molecular weight is 267 g/mol. The van der Waals surface area contributed by atoms with E-state index in [9.17, 15) is 14.4 Å². The monoisotopic (exact) mass is 267 g/mol. The van der Waals surface area contributed by atoms with Crippen molar-refractivity contribution >= 4 is 11.9 Å². The predicted molar refractivity (Wildman–Crippen MR) is 66.8 cm³/mol. The first-order valence-electron chi connectivity index (χ1n) is 6.35. The predicted octanol–water partition coefficient (Wildman–Crippen LogP) is 0.324. The standard InChI is InChI=1S/C12H17N3O4/c16-10(9-6-14-12(19)15-9)13-5-7-1-3-8(4-2-7)11(17)18/h6-8H,1-5H2,(H,13,16)(H,17,18)(H2,14,15,19). The summed E-state index contributed by atoms with van der Waals surface area (Å²) in [7, 11) is 0. The van der Waals surface area contributed by atoms with Gasteiger partial charge in [0, 0.05) is 12.7 Å². The lowest BCUT2D eigenvalue weighted by Crippen LogP contribution is -2.32. The number of rotatable bonds is 4. The van der Waals surface area contributed by atoms with Gasteiger partial charge in [-0.1, -0.05) is 0 Å². The molecular formula is C12H17N3O4. The molecule has 4 N–H and O–H groups in total. The molecule has 0 unspecified atom stereocenters. The summed E-state index contributed by atoms with van der Waals surface area (Å²) in [6.45, 7) is 0.512. The third-order valence-corrected chi connectivity index (χ3v) is 3.59. The minimum Gasteiger partial charge on any atom is -0.481 e. The molecule has 2 rings (SSSR count). The molecule has 1 aliphatic rings. The summed E-state index contributed by atoms with van der Waals surface area (Å²) >= 11 is 0. The summed E-state index contributed by atoms with van der Waals surface area (Å²) in [4.78, 5) is 38.1. The van der Waals surface area contributed by atoms with Gasteiger partial charge < -0.3 is 20.4 Å². The van der Waals surface area contributed by atoms with Crippen LogP contribution in [0.15, 0.2) is 11.0 Å². The highest BCUT2D eigenvalue weighted by atomic mass is 16.4. The summed E-state index contributed by atoms with van der Waals surface area (Å²) < 4.78 is 0. The van der Waals surface area contributed by atoms with Crippen molar-refractivity contribution in [2.45, 2.75) is 25.7 Å². The van der Waals surface area contributed by atoms with Crippen LogP contribution >= 0.6 is 0 Å². The lowest BCUT2D eigenvalue weighted by Gasteiger charge is -2.26. The number of carboxylic acid groups (broad SMARTS) is 1. The molecule has 0 aliphatic heterocycles. The van der Waals surface area contributed by atoms with Gasteiger partial charge in [-0.2, -0.15) is 0 Å². The number of carbonyl (C=O) groups excluding carboxylic acids is 1. The Morgan fingerprint density at radius 1 is 1.32 bits per heavy atom. The van der Waals surface area contributed by atoms with Crippen molar-refractivity contribution in [2.75, 3.05) is 6.54 Å². The quantitative estimate of drug-likeness (QED) is 0.629. The number of hydrogen-bond donors (Lipinski definition) is 4. The van der Waals surface area contributed by atoms with Crippen molar-refractivity contribution in [1.29, 1.82) is 0 Å². The van der Waals surface area contributed by atoms with Gasteiger partial charge in [-0.3, -0.25) is 9.59 Å². The van der Waals surface area contributed by atoms with Crippen LogP contribution in [0.4, 0.5) is 0 Å². The topological polar surface area (TPSA) is 115 Å². The van der Waals surface area contributed by atoms with E-state index in [0.717, 1.165) is 12.8 Å². The minimum atomic E-state index is -0.729. The molecule has 1 saturated carbocycles. The molecule has 1 aromatic heterocycles. The number of aromatic amines is 2. The van der Waals surface area contributed by atoms with E-state index < -0.39 is 11.7 Å². The largest absolute Gasteiger partial charge is 0.481 e. The van der Waals surface area contributed by atoms with Crippen LogP contribution in [0.1, 0.15) is 36.2 Å². The second-order valence-electron chi connectivity index (χ2n) is 4.92. The minimum absolute atomic E-state index is 0.212. The summed E-state index contributed by atoms with van der Waals surface area (Å²) in [6, 6.07) is 0. The van der Waals surface area contributed by atoms with Crippen LogP contribution in [0, 0.1) is 11.8 Å². The van der Waals surface area contributed by atoms with E-state index in [1.165, 1.54) is 6.20 Å². The van der Waals surface area contributed by atoms with Gasteiger partial charge >= 0.3 is 11.7 Å². The Morgan fingerprint density at radius 3 is 2.53 bits per heavy atom. The van der Waals surface area contributed by atoms with Crippen molar-refractivity contribution in [3.05, 3.63) is 22.4 Å². The lowest BCUT2D eigenvalue weighted by atomic mass is 9.82. The molecule has 1 aliphatic carbocycles. The number of carboxylic acids is 1. The second kappa shape index (κ2) is 5.73. The number of amides is 1. The molecule has 0 bridgehead atoms. The lowest BCUT2D eigenvalue weighted by molar-refractivity contribution is -0.143. The van der Waals surface area contributed by atoms with Crippen LogP contribution in [0.25, 0.3) is 0 Å². The fourth-order valence-corrected chi connectivity index (χ4v) is 2.40. The maximum absolute atomic E-state index is 11.7. The molecule has 1 aromatic rings. The highest BCUT2D eigenvalue weighted by molar-refractivity contribution is 5.91. The van der Waals surface area contributed by atoms with E-state index in [1.54, 1.807) is 0 Å². The highest BCUT2D eigenvalue weighted by Crippen LogP contribution is 2.28. The van der Waals surface area contributed by atoms with Crippen LogP contribution in [-0.2, 0) is 4.79 Å². The van der Waals surface area contributed by atoms with E-state index in [2.05, 4.69) is 15.3 Å². The second-order valence-corrected chi connectivity index (χ2v) is 4.92. The van der Waals surface area contributed by atoms with E-state index in [4.69, 9.17) is 5.11 Å². The van der Waals surface area contributed by atoms with Crippen LogP contribution in [-0.4, -0.2) is 33.5 Å². The van der Waals surface area contributed by atoms with Gasteiger partial charge in [0.2, 0.25) is 0 Å². The molecule has 0 saturated heterocycles. The van der Waals surface area contributed by atoms with Crippen LogP contribution in [0.3, 0.4) is 0 Å². The summed E-state index contributed by atoms with van der Waals surface area (Å²) in [5.41, 5.74) is -0.198. The number of aromatic nitrogens is 2. The molecule has 0 aromatic carbocycles. The van der Waals surface area contributed by atoms with E-state index in [-0.39, 0.29) is 17.5 Å². The van der Waals surface area contributed by atoms with Crippen molar-refractivity contribution in [2.24, 2.45) is 11.8 Å². The molecule has 1 heterocycles. The van der Waals surface area contributed by atoms with Gasteiger partial charge in [-0.25, -0.2) is 4.79 Å². The average Bonchev–Trinajstić information content (AvgIpc) is 2.83. The highest BCUT2D eigenvalue weighted by Gasteiger charge is 2.26. The normalized spacial score (nSPS) is 22.9. The zero-order valence-electron chi connectivity index (χ0n) is 10.4. The zero-order chi connectivity index (χ0) is 13.8. The SMILES string of the molecule is O=C(NCC1CCC(C(=O)O)CC1)c1c[nH]c(=O)[nH]1. The number of nitrogens with one attached hydrogen (secondary N) is 3. The molecule has 1 fully saturated rings. The molecule has 19 heavy (non-hydrogen) atoms. The van der Waals surface area contributed by atoms with Gasteiger partial charge in [-0.15, -0.1) is 0 Å². The maximum atomic E-state index is 11.7. The third kappa shape index (κ3) is 3.46. The Balaban J connectivity index is 1.76. The Labute approximate surface area is 109 Å². The Morgan fingerprint density at radius 2 is 2.00 bits per heavy atom. The number of carbonyl (C=O) groups is 2. The van der Waals surface area contributed by atoms with Crippen molar-refractivity contribution < 1.29 is 14.7 Å². The Bertz CT molecular complexity index is 511. The van der Waals surface area contributed by atoms with Gasteiger partial charge in [0.25, 0.3) is 5.91 Å². The fourth-order valence-electron chi connectivity index (χ4n) is 2.40. The van der Waals surface area contributed by atoms with E-state index in [1.807, 2.05) is 0 Å². The van der Waals surface area contributed by atoms with Gasteiger partial charge in [0.1, 0.15) is 5.69 Å². The number of H-pyrrole nitrogens is 2. The third-order valence-electron chi connectivity index (χ3n) is 3.59. The smallest absolute Gasteiger partial charge is 0.323 e. The van der Waals surface area contributed by atoms with Gasteiger partial charge in [0.05, 0.1) is 5.92 Å². The first-order chi connectivity index (χ1) is 9.06. The zero-order valence-corrected chi connectivity index (χ0v) is 10.4. The molecule has 0 atom stereocenters. The van der Waals surface area contributed by atoms with Crippen molar-refractivity contribution in [3.63, 3.8) is 0 Å². The molecule has 7 nitrogen and oxygen atoms in total. The molecule has 0 spiro atoms. The summed E-state index contributed by atoms with van der Waals surface area (Å²) in [5.74, 6) is -0.982. The van der Waals surface area contributed by atoms with Gasteiger partial charge in [0.15, 0.2) is 0 Å². The van der Waals surface area contributed by atoms with Crippen LogP contribution in [0.5, 0.6) is 0 Å². The molecule has 1 amide bonds. The first kappa shape index (κ1) is 13.4. The molecule has 7 heteroatoms. The Hall–Kier alpha value is -2.05. The van der Waals surface area contributed by atoms with E-state index >= 15 is 0 Å². The first-order valence-corrected chi connectivity index (χ1v) is 6.35. The van der Waals surface area contributed by atoms with Crippen LogP contribution in [0.2, 0.25) is 0 Å². The molecular weight excluding hydrogens is 250 g/mol. The van der Waals surface area contributed by atoms with Crippen molar-refractivity contribution in [1.82, 2.24) is 15.3 Å². The number of imidazole rings is 1. The summed E-state index contributed by atoms with van der Waals surface area (Å²) in [5, 5.41) is 11.6. The molecule has 104 valence electrons. The van der Waals surface area contributed by atoms with Crippen LogP contribution < -0.4 is 11.0 Å². The van der Waals surface area contributed by atoms with Gasteiger partial charge in [-0.05, 0) is 31.6 Å². The van der Waals surface area contributed by atoms with Crippen molar-refractivity contribution in [3.8, 4) is 0 Å². The van der Waals surface area contributed by atoms with E-state index in [0.29, 0.717) is 25.3 Å². The number of aliphatic carboxylic acids is 1. The maximum Gasteiger partial charge on any atom is 0.323 e. The Kier molecular flexibility index (Phi) is 4.03. The molecule has 0 radical (unpaired) electrons. The fraction of sp³-hybridized carbons (Fsp3) is 0.583.